The summed E-state index contributed by atoms with van der Waals surface area (Å²) in [5.74, 6) is 0. The fraction of sp³-hybridized carbons (Fsp3) is 0.125. The number of aromatic amines is 1. The third-order valence-corrected chi connectivity index (χ3v) is 4.45. The van der Waals surface area contributed by atoms with Crippen LogP contribution in [0.4, 0.5) is 0 Å². The smallest absolute Gasteiger partial charge is 0.137 e. The Bertz CT molecular complexity index is 912. The maximum absolute atomic E-state index is 5.75. The standard InChI is InChI=1S/C16H13N3OS/c1-20-15(10-4-5-13-14(7-10)21-9-19-13)12-8-18-16-11(12)3-2-6-17-16/h2-9,15H,1H3,(H,17,18). The third-order valence-electron chi connectivity index (χ3n) is 3.66. The van der Waals surface area contributed by atoms with Gasteiger partial charge in [0.2, 0.25) is 0 Å². The van der Waals surface area contributed by atoms with Crippen LogP contribution in [0.2, 0.25) is 0 Å². The van der Waals surface area contributed by atoms with E-state index in [0.717, 1.165) is 27.7 Å². The Hall–Kier alpha value is -2.24. The summed E-state index contributed by atoms with van der Waals surface area (Å²) in [5, 5.41) is 1.09. The molecule has 5 heteroatoms. The largest absolute Gasteiger partial charge is 0.372 e. The normalized spacial score (nSPS) is 13.0. The van der Waals surface area contributed by atoms with Gasteiger partial charge in [-0.2, -0.15) is 0 Å². The molecule has 1 aromatic carbocycles. The van der Waals surface area contributed by atoms with Crippen LogP contribution >= 0.6 is 11.3 Å². The lowest BCUT2D eigenvalue weighted by Gasteiger charge is -2.15. The molecule has 0 aliphatic carbocycles. The monoisotopic (exact) mass is 295 g/mol. The molecule has 4 aromatic rings. The van der Waals surface area contributed by atoms with Crippen molar-refractivity contribution in [2.75, 3.05) is 7.11 Å². The molecule has 0 fully saturated rings. The van der Waals surface area contributed by atoms with Crippen LogP contribution in [0.1, 0.15) is 17.2 Å². The number of thiazole rings is 1. The molecule has 0 saturated carbocycles. The van der Waals surface area contributed by atoms with Crippen LogP contribution in [-0.2, 0) is 4.74 Å². The molecule has 0 aliphatic heterocycles. The van der Waals surface area contributed by atoms with Gasteiger partial charge in [0.1, 0.15) is 11.8 Å². The van der Waals surface area contributed by atoms with Gasteiger partial charge in [0.05, 0.1) is 15.7 Å². The summed E-state index contributed by atoms with van der Waals surface area (Å²) in [7, 11) is 1.73. The van der Waals surface area contributed by atoms with E-state index in [9.17, 15) is 0 Å². The Morgan fingerprint density at radius 1 is 1.24 bits per heavy atom. The Kier molecular flexibility index (Phi) is 2.94. The topological polar surface area (TPSA) is 50.8 Å². The maximum Gasteiger partial charge on any atom is 0.137 e. The highest BCUT2D eigenvalue weighted by Crippen LogP contribution is 2.32. The van der Waals surface area contributed by atoms with E-state index >= 15 is 0 Å². The average Bonchev–Trinajstić information content (AvgIpc) is 3.15. The van der Waals surface area contributed by atoms with Gasteiger partial charge in [0.25, 0.3) is 0 Å². The lowest BCUT2D eigenvalue weighted by molar-refractivity contribution is 0.138. The Morgan fingerprint density at radius 2 is 2.19 bits per heavy atom. The molecule has 4 nitrogen and oxygen atoms in total. The van der Waals surface area contributed by atoms with Crippen molar-refractivity contribution in [1.29, 1.82) is 0 Å². The molecular weight excluding hydrogens is 282 g/mol. The number of ether oxygens (including phenoxy) is 1. The number of hydrogen-bond donors (Lipinski definition) is 1. The molecule has 0 radical (unpaired) electrons. The highest BCUT2D eigenvalue weighted by atomic mass is 32.1. The van der Waals surface area contributed by atoms with Gasteiger partial charge in [-0.05, 0) is 29.8 Å². The van der Waals surface area contributed by atoms with E-state index in [1.54, 1.807) is 24.6 Å². The molecule has 0 aliphatic rings. The first-order valence-corrected chi connectivity index (χ1v) is 7.53. The van der Waals surface area contributed by atoms with Crippen LogP contribution in [-0.4, -0.2) is 22.1 Å². The first-order chi connectivity index (χ1) is 10.4. The SMILES string of the molecule is COC(c1ccc2ncsc2c1)c1c[nH]c2ncccc12. The van der Waals surface area contributed by atoms with Gasteiger partial charge in [-0.15, -0.1) is 11.3 Å². The minimum Gasteiger partial charge on any atom is -0.372 e. The van der Waals surface area contributed by atoms with E-state index in [0.29, 0.717) is 0 Å². The van der Waals surface area contributed by atoms with Gasteiger partial charge in [0, 0.05) is 30.5 Å². The number of nitrogens with one attached hydrogen (secondary N) is 1. The number of methoxy groups -OCH3 is 1. The van der Waals surface area contributed by atoms with E-state index in [1.165, 1.54) is 4.70 Å². The maximum atomic E-state index is 5.75. The van der Waals surface area contributed by atoms with Crippen molar-refractivity contribution >= 4 is 32.6 Å². The highest BCUT2D eigenvalue weighted by molar-refractivity contribution is 7.16. The molecule has 0 amide bonds. The summed E-state index contributed by atoms with van der Waals surface area (Å²) in [6.07, 6.45) is 3.64. The van der Waals surface area contributed by atoms with E-state index in [1.807, 2.05) is 23.8 Å². The van der Waals surface area contributed by atoms with Crippen LogP contribution in [0.15, 0.2) is 48.2 Å². The van der Waals surface area contributed by atoms with Gasteiger partial charge in [-0.3, -0.25) is 0 Å². The molecule has 21 heavy (non-hydrogen) atoms. The molecule has 0 bridgehead atoms. The molecule has 1 unspecified atom stereocenters. The van der Waals surface area contributed by atoms with Gasteiger partial charge >= 0.3 is 0 Å². The predicted octanol–water partition coefficient (Wildman–Crippen LogP) is 3.91. The highest BCUT2D eigenvalue weighted by Gasteiger charge is 2.18. The molecule has 1 N–H and O–H groups in total. The zero-order valence-electron chi connectivity index (χ0n) is 11.4. The molecule has 1 atom stereocenters. The third kappa shape index (κ3) is 2.02. The molecule has 3 aromatic heterocycles. The van der Waals surface area contributed by atoms with Crippen molar-refractivity contribution in [2.24, 2.45) is 0 Å². The fourth-order valence-electron chi connectivity index (χ4n) is 2.67. The molecule has 0 saturated heterocycles. The Balaban J connectivity index is 1.87. The number of fused-ring (bicyclic) bond motifs is 2. The summed E-state index contributed by atoms with van der Waals surface area (Å²) >= 11 is 1.64. The second-order valence-electron chi connectivity index (χ2n) is 4.84. The number of pyridine rings is 1. The lowest BCUT2D eigenvalue weighted by Crippen LogP contribution is -2.02. The number of hydrogen-bond acceptors (Lipinski definition) is 4. The van der Waals surface area contributed by atoms with E-state index < -0.39 is 0 Å². The van der Waals surface area contributed by atoms with Crippen molar-refractivity contribution in [3.63, 3.8) is 0 Å². The first kappa shape index (κ1) is 12.5. The van der Waals surface area contributed by atoms with E-state index in [-0.39, 0.29) is 6.10 Å². The number of aromatic nitrogens is 3. The molecule has 3 heterocycles. The van der Waals surface area contributed by atoms with E-state index in [4.69, 9.17) is 4.74 Å². The summed E-state index contributed by atoms with van der Waals surface area (Å²) in [6, 6.07) is 10.3. The second-order valence-corrected chi connectivity index (χ2v) is 5.73. The molecule has 0 spiro atoms. The van der Waals surface area contributed by atoms with Crippen LogP contribution in [0.3, 0.4) is 0 Å². The molecular formula is C16H13N3OS. The summed E-state index contributed by atoms with van der Waals surface area (Å²) in [4.78, 5) is 11.9. The average molecular weight is 295 g/mol. The zero-order chi connectivity index (χ0) is 14.2. The van der Waals surface area contributed by atoms with Crippen LogP contribution in [0, 0.1) is 0 Å². The fourth-order valence-corrected chi connectivity index (χ4v) is 3.40. The van der Waals surface area contributed by atoms with Crippen LogP contribution in [0.5, 0.6) is 0 Å². The quantitative estimate of drug-likeness (QED) is 0.623. The van der Waals surface area contributed by atoms with Crippen molar-refractivity contribution in [3.05, 3.63) is 59.4 Å². The zero-order valence-corrected chi connectivity index (χ0v) is 12.2. The number of H-pyrrole nitrogens is 1. The number of nitrogens with zero attached hydrogens (tertiary/aromatic N) is 2. The van der Waals surface area contributed by atoms with Gasteiger partial charge in [-0.25, -0.2) is 9.97 Å². The van der Waals surface area contributed by atoms with Crippen molar-refractivity contribution in [1.82, 2.24) is 15.0 Å². The van der Waals surface area contributed by atoms with Crippen molar-refractivity contribution in [2.45, 2.75) is 6.10 Å². The van der Waals surface area contributed by atoms with Gasteiger partial charge in [0.15, 0.2) is 0 Å². The van der Waals surface area contributed by atoms with E-state index in [2.05, 4.69) is 33.2 Å². The molecule has 104 valence electrons. The minimum atomic E-state index is -0.116. The van der Waals surface area contributed by atoms with Crippen molar-refractivity contribution < 1.29 is 4.74 Å². The Labute approximate surface area is 125 Å². The lowest BCUT2D eigenvalue weighted by atomic mass is 10.0. The van der Waals surface area contributed by atoms with Gasteiger partial charge in [-0.1, -0.05) is 6.07 Å². The van der Waals surface area contributed by atoms with Crippen molar-refractivity contribution in [3.8, 4) is 0 Å². The van der Waals surface area contributed by atoms with Gasteiger partial charge < -0.3 is 9.72 Å². The molecule has 4 rings (SSSR count). The summed E-state index contributed by atoms with van der Waals surface area (Å²) < 4.78 is 6.92. The first-order valence-electron chi connectivity index (χ1n) is 6.65. The second kappa shape index (κ2) is 4.95. The predicted molar refractivity (Wildman–Crippen MR) is 84.6 cm³/mol. The number of rotatable bonds is 3. The Morgan fingerprint density at radius 3 is 3.10 bits per heavy atom. The summed E-state index contributed by atoms with van der Waals surface area (Å²) in [6.45, 7) is 0. The minimum absolute atomic E-state index is 0.116. The summed E-state index contributed by atoms with van der Waals surface area (Å²) in [5.41, 5.74) is 6.00. The number of benzene rings is 1. The van der Waals surface area contributed by atoms with Crippen LogP contribution < -0.4 is 0 Å². The van der Waals surface area contributed by atoms with Crippen LogP contribution in [0.25, 0.3) is 21.3 Å².